The molecular formula is C14H24N2O3. The van der Waals surface area contributed by atoms with Crippen LogP contribution in [-0.2, 0) is 14.3 Å². The fourth-order valence-electron chi connectivity index (χ4n) is 2.74. The molecular weight excluding hydrogens is 244 g/mol. The zero-order chi connectivity index (χ0) is 13.7. The summed E-state index contributed by atoms with van der Waals surface area (Å²) in [5.41, 5.74) is 0. The highest BCUT2D eigenvalue weighted by molar-refractivity contribution is 5.81. The average molecular weight is 268 g/mol. The largest absolute Gasteiger partial charge is 0.368 e. The van der Waals surface area contributed by atoms with Gasteiger partial charge in [0.15, 0.2) is 0 Å². The fourth-order valence-corrected chi connectivity index (χ4v) is 2.74. The predicted octanol–water partition coefficient (Wildman–Crippen LogP) is 1.03. The molecule has 2 aliphatic heterocycles. The van der Waals surface area contributed by atoms with Crippen molar-refractivity contribution in [1.82, 2.24) is 9.80 Å². The van der Waals surface area contributed by atoms with Gasteiger partial charge in [-0.3, -0.25) is 9.59 Å². The molecule has 0 saturated carbocycles. The van der Waals surface area contributed by atoms with E-state index in [1.165, 1.54) is 0 Å². The Morgan fingerprint density at radius 3 is 2.53 bits per heavy atom. The van der Waals surface area contributed by atoms with Crippen LogP contribution in [0.4, 0.5) is 0 Å². The van der Waals surface area contributed by atoms with Crippen LogP contribution in [0, 0.1) is 0 Å². The number of nitrogens with zero attached hydrogens (tertiary/aromatic N) is 2. The summed E-state index contributed by atoms with van der Waals surface area (Å²) in [6.45, 7) is 5.54. The molecule has 1 atom stereocenters. The molecule has 0 aromatic carbocycles. The predicted molar refractivity (Wildman–Crippen MR) is 71.7 cm³/mol. The maximum Gasteiger partial charge on any atom is 0.251 e. The number of amides is 2. The fraction of sp³-hybridized carbons (Fsp3) is 0.857. The topological polar surface area (TPSA) is 49.9 Å². The highest BCUT2D eigenvalue weighted by Gasteiger charge is 2.29. The first-order chi connectivity index (χ1) is 9.22. The quantitative estimate of drug-likeness (QED) is 0.768. The van der Waals surface area contributed by atoms with E-state index >= 15 is 0 Å². The van der Waals surface area contributed by atoms with E-state index in [0.29, 0.717) is 26.1 Å². The monoisotopic (exact) mass is 268 g/mol. The van der Waals surface area contributed by atoms with E-state index in [1.807, 2.05) is 16.7 Å². The van der Waals surface area contributed by atoms with E-state index in [-0.39, 0.29) is 17.9 Å². The lowest BCUT2D eigenvalue weighted by Gasteiger charge is -2.24. The Labute approximate surface area is 114 Å². The number of hydrogen-bond donors (Lipinski definition) is 0. The molecule has 5 nitrogen and oxygen atoms in total. The van der Waals surface area contributed by atoms with Gasteiger partial charge in [-0.1, -0.05) is 6.92 Å². The second kappa shape index (κ2) is 6.89. The van der Waals surface area contributed by atoms with Crippen molar-refractivity contribution in [3.8, 4) is 0 Å². The lowest BCUT2D eigenvalue weighted by Crippen LogP contribution is -2.41. The van der Waals surface area contributed by atoms with Crippen LogP contribution in [0.3, 0.4) is 0 Å². The van der Waals surface area contributed by atoms with Gasteiger partial charge in [-0.2, -0.15) is 0 Å². The van der Waals surface area contributed by atoms with Crippen molar-refractivity contribution in [1.29, 1.82) is 0 Å². The van der Waals surface area contributed by atoms with Gasteiger partial charge in [-0.05, 0) is 25.7 Å². The Hall–Kier alpha value is -1.10. The van der Waals surface area contributed by atoms with Crippen molar-refractivity contribution in [3.63, 3.8) is 0 Å². The molecule has 108 valence electrons. The van der Waals surface area contributed by atoms with Crippen molar-refractivity contribution >= 4 is 11.8 Å². The van der Waals surface area contributed by atoms with Crippen LogP contribution >= 0.6 is 0 Å². The van der Waals surface area contributed by atoms with E-state index < -0.39 is 0 Å². The summed E-state index contributed by atoms with van der Waals surface area (Å²) in [5.74, 6) is 0.330. The third-order valence-corrected chi connectivity index (χ3v) is 3.83. The average Bonchev–Trinajstić information content (AvgIpc) is 2.82. The molecule has 2 fully saturated rings. The summed E-state index contributed by atoms with van der Waals surface area (Å²) in [5, 5.41) is 0. The maximum absolute atomic E-state index is 12.3. The van der Waals surface area contributed by atoms with Gasteiger partial charge in [0, 0.05) is 39.2 Å². The molecule has 0 aliphatic carbocycles. The Bertz CT molecular complexity index is 327. The second-order valence-corrected chi connectivity index (χ2v) is 5.31. The van der Waals surface area contributed by atoms with E-state index in [9.17, 15) is 9.59 Å². The molecule has 2 amide bonds. The lowest BCUT2D eigenvalue weighted by atomic mass is 10.2. The van der Waals surface area contributed by atoms with Crippen LogP contribution in [0.1, 0.15) is 39.0 Å². The number of hydrogen-bond acceptors (Lipinski definition) is 3. The van der Waals surface area contributed by atoms with E-state index in [4.69, 9.17) is 4.74 Å². The molecule has 5 heteroatoms. The molecule has 0 N–H and O–H groups in total. The van der Waals surface area contributed by atoms with Gasteiger partial charge in [-0.15, -0.1) is 0 Å². The second-order valence-electron chi connectivity index (χ2n) is 5.31. The Morgan fingerprint density at radius 2 is 1.84 bits per heavy atom. The first-order valence-electron chi connectivity index (χ1n) is 7.40. The van der Waals surface area contributed by atoms with Gasteiger partial charge in [-0.25, -0.2) is 0 Å². The summed E-state index contributed by atoms with van der Waals surface area (Å²) in [4.78, 5) is 27.9. The SMILES string of the molecule is CCCC(=O)N1CCCN(C(=O)C2CCCO2)CC1. The molecule has 0 aromatic heterocycles. The van der Waals surface area contributed by atoms with Crippen molar-refractivity contribution < 1.29 is 14.3 Å². The van der Waals surface area contributed by atoms with E-state index in [2.05, 4.69) is 0 Å². The molecule has 2 heterocycles. The van der Waals surface area contributed by atoms with Crippen LogP contribution < -0.4 is 0 Å². The Balaban J connectivity index is 1.85. The maximum atomic E-state index is 12.3. The third kappa shape index (κ3) is 3.69. The van der Waals surface area contributed by atoms with E-state index in [0.717, 1.165) is 38.8 Å². The molecule has 2 aliphatic rings. The molecule has 0 aromatic rings. The van der Waals surface area contributed by atoms with Crippen molar-refractivity contribution in [2.75, 3.05) is 32.8 Å². The highest BCUT2D eigenvalue weighted by Crippen LogP contribution is 2.16. The van der Waals surface area contributed by atoms with Crippen molar-refractivity contribution in [2.45, 2.75) is 45.1 Å². The lowest BCUT2D eigenvalue weighted by molar-refractivity contribution is -0.141. The van der Waals surface area contributed by atoms with Crippen LogP contribution in [0.5, 0.6) is 0 Å². The molecule has 0 spiro atoms. The zero-order valence-corrected chi connectivity index (χ0v) is 11.8. The number of rotatable bonds is 3. The number of carbonyl (C=O) groups is 2. The molecule has 1 unspecified atom stereocenters. The van der Waals surface area contributed by atoms with Crippen LogP contribution in [0.2, 0.25) is 0 Å². The van der Waals surface area contributed by atoms with Crippen molar-refractivity contribution in [3.05, 3.63) is 0 Å². The molecule has 0 radical (unpaired) electrons. The summed E-state index contributed by atoms with van der Waals surface area (Å²) >= 11 is 0. The minimum atomic E-state index is -0.238. The molecule has 2 saturated heterocycles. The van der Waals surface area contributed by atoms with Gasteiger partial charge in [0.2, 0.25) is 5.91 Å². The smallest absolute Gasteiger partial charge is 0.251 e. The highest BCUT2D eigenvalue weighted by atomic mass is 16.5. The van der Waals surface area contributed by atoms with Gasteiger partial charge >= 0.3 is 0 Å². The van der Waals surface area contributed by atoms with Crippen LogP contribution in [0.15, 0.2) is 0 Å². The van der Waals surface area contributed by atoms with Crippen LogP contribution in [-0.4, -0.2) is 60.5 Å². The summed E-state index contributed by atoms with van der Waals surface area (Å²) < 4.78 is 5.45. The number of carbonyl (C=O) groups excluding carboxylic acids is 2. The first-order valence-corrected chi connectivity index (χ1v) is 7.40. The van der Waals surface area contributed by atoms with Gasteiger partial charge in [0.25, 0.3) is 5.91 Å². The molecule has 19 heavy (non-hydrogen) atoms. The Morgan fingerprint density at radius 1 is 1.11 bits per heavy atom. The zero-order valence-electron chi connectivity index (χ0n) is 11.8. The standard InChI is InChI=1S/C14H24N2O3/c1-2-5-13(17)15-7-4-8-16(10-9-15)14(18)12-6-3-11-19-12/h12H,2-11H2,1H3. The number of ether oxygens (including phenoxy) is 1. The van der Waals surface area contributed by atoms with Crippen LogP contribution in [0.25, 0.3) is 0 Å². The minimum absolute atomic E-state index is 0.113. The van der Waals surface area contributed by atoms with Crippen molar-refractivity contribution in [2.24, 2.45) is 0 Å². The summed E-state index contributed by atoms with van der Waals surface area (Å²) in [7, 11) is 0. The summed E-state index contributed by atoms with van der Waals surface area (Å²) in [6.07, 6.45) is 3.94. The molecule has 2 rings (SSSR count). The van der Waals surface area contributed by atoms with E-state index in [1.54, 1.807) is 0 Å². The van der Waals surface area contributed by atoms with Gasteiger partial charge < -0.3 is 14.5 Å². The molecule has 0 bridgehead atoms. The Kier molecular flexibility index (Phi) is 5.19. The summed E-state index contributed by atoms with van der Waals surface area (Å²) in [6, 6.07) is 0. The minimum Gasteiger partial charge on any atom is -0.368 e. The van der Waals surface area contributed by atoms with Gasteiger partial charge in [0.1, 0.15) is 6.10 Å². The third-order valence-electron chi connectivity index (χ3n) is 3.83. The first kappa shape index (κ1) is 14.3. The normalized spacial score (nSPS) is 24.4. The van der Waals surface area contributed by atoms with Gasteiger partial charge in [0.05, 0.1) is 0 Å².